The Balaban J connectivity index is 1.81. The fraction of sp³-hybridized carbons (Fsp3) is 0.500. The first-order valence-corrected chi connectivity index (χ1v) is 9.18. The molecule has 0 atom stereocenters. The van der Waals surface area contributed by atoms with Crippen LogP contribution in [0.4, 0.5) is 0 Å². The molecule has 0 spiro atoms. The van der Waals surface area contributed by atoms with E-state index in [1.54, 1.807) is 19.3 Å². The molecule has 1 fully saturated rings. The number of carbonyl (C=O) groups is 2. The van der Waals surface area contributed by atoms with Gasteiger partial charge >= 0.3 is 0 Å². The highest BCUT2D eigenvalue weighted by atomic mass is 16.5. The van der Waals surface area contributed by atoms with Crippen LogP contribution in [0, 0.1) is 0 Å². The summed E-state index contributed by atoms with van der Waals surface area (Å²) in [6.45, 7) is 2.42. The summed E-state index contributed by atoms with van der Waals surface area (Å²) in [6.07, 6.45) is 8.70. The van der Waals surface area contributed by atoms with Crippen LogP contribution in [0.1, 0.15) is 44.6 Å². The van der Waals surface area contributed by atoms with Crippen LogP contribution in [0.3, 0.4) is 0 Å². The topological polar surface area (TPSA) is 76.7 Å². The van der Waals surface area contributed by atoms with Crippen LogP contribution < -0.4 is 20.1 Å². The van der Waals surface area contributed by atoms with E-state index in [-0.39, 0.29) is 24.4 Å². The number of carbonyl (C=O) groups excluding carboxylic acids is 2. The maximum Gasteiger partial charge on any atom is 0.244 e. The average molecular weight is 360 g/mol. The van der Waals surface area contributed by atoms with E-state index in [2.05, 4.69) is 10.6 Å². The van der Waals surface area contributed by atoms with Gasteiger partial charge in [-0.05, 0) is 43.5 Å². The van der Waals surface area contributed by atoms with E-state index in [4.69, 9.17) is 9.47 Å². The maximum atomic E-state index is 11.9. The molecule has 0 aliphatic heterocycles. The van der Waals surface area contributed by atoms with Gasteiger partial charge in [0.1, 0.15) is 0 Å². The molecule has 1 aliphatic carbocycles. The maximum absolute atomic E-state index is 11.9. The van der Waals surface area contributed by atoms with Crippen LogP contribution in [0.25, 0.3) is 6.08 Å². The summed E-state index contributed by atoms with van der Waals surface area (Å²) in [5.74, 6) is 0.830. The van der Waals surface area contributed by atoms with Gasteiger partial charge in [0.15, 0.2) is 11.5 Å². The number of ether oxygens (including phenoxy) is 2. The van der Waals surface area contributed by atoms with E-state index in [0.29, 0.717) is 18.1 Å². The molecule has 2 amide bonds. The van der Waals surface area contributed by atoms with Gasteiger partial charge in [-0.1, -0.05) is 25.3 Å². The first-order chi connectivity index (χ1) is 12.6. The highest BCUT2D eigenvalue weighted by Crippen LogP contribution is 2.28. The fourth-order valence-electron chi connectivity index (χ4n) is 2.99. The molecule has 0 aromatic heterocycles. The smallest absolute Gasteiger partial charge is 0.244 e. The monoisotopic (exact) mass is 360 g/mol. The summed E-state index contributed by atoms with van der Waals surface area (Å²) in [5.41, 5.74) is 0.816. The van der Waals surface area contributed by atoms with Crippen LogP contribution >= 0.6 is 0 Å². The highest BCUT2D eigenvalue weighted by molar-refractivity contribution is 5.94. The van der Waals surface area contributed by atoms with Crippen LogP contribution in [-0.2, 0) is 9.59 Å². The second-order valence-corrected chi connectivity index (χ2v) is 6.30. The number of hydrogen-bond donors (Lipinski definition) is 2. The molecule has 0 unspecified atom stereocenters. The zero-order valence-electron chi connectivity index (χ0n) is 15.5. The van der Waals surface area contributed by atoms with Crippen LogP contribution in [0.2, 0.25) is 0 Å². The molecule has 1 aliphatic rings. The summed E-state index contributed by atoms with van der Waals surface area (Å²) in [4.78, 5) is 23.8. The molecule has 6 heteroatoms. The fourth-order valence-corrected chi connectivity index (χ4v) is 2.99. The van der Waals surface area contributed by atoms with E-state index in [1.165, 1.54) is 12.5 Å². The molecular formula is C20H28N2O4. The van der Waals surface area contributed by atoms with Gasteiger partial charge in [0.05, 0.1) is 20.3 Å². The molecule has 142 valence electrons. The van der Waals surface area contributed by atoms with Crippen molar-refractivity contribution >= 4 is 17.9 Å². The number of amides is 2. The number of hydrogen-bond acceptors (Lipinski definition) is 4. The third-order valence-corrected chi connectivity index (χ3v) is 4.31. The van der Waals surface area contributed by atoms with Crippen molar-refractivity contribution < 1.29 is 19.1 Å². The first-order valence-electron chi connectivity index (χ1n) is 9.18. The lowest BCUT2D eigenvalue weighted by molar-refractivity contribution is -0.124. The summed E-state index contributed by atoms with van der Waals surface area (Å²) in [7, 11) is 1.58. The van der Waals surface area contributed by atoms with Crippen molar-refractivity contribution in [2.75, 3.05) is 20.3 Å². The van der Waals surface area contributed by atoms with Gasteiger partial charge in [-0.25, -0.2) is 0 Å². The van der Waals surface area contributed by atoms with Crippen LogP contribution in [0.5, 0.6) is 11.5 Å². The molecule has 1 aromatic rings. The van der Waals surface area contributed by atoms with Gasteiger partial charge < -0.3 is 20.1 Å². The van der Waals surface area contributed by atoms with Crippen molar-refractivity contribution in [1.29, 1.82) is 0 Å². The van der Waals surface area contributed by atoms with E-state index >= 15 is 0 Å². The van der Waals surface area contributed by atoms with Crippen molar-refractivity contribution in [3.05, 3.63) is 29.8 Å². The molecule has 2 N–H and O–H groups in total. The molecule has 0 saturated heterocycles. The number of benzene rings is 1. The zero-order chi connectivity index (χ0) is 18.8. The molecule has 6 nitrogen and oxygen atoms in total. The third-order valence-electron chi connectivity index (χ3n) is 4.31. The van der Waals surface area contributed by atoms with Crippen molar-refractivity contribution in [3.8, 4) is 11.5 Å². The van der Waals surface area contributed by atoms with Gasteiger partial charge in [-0.15, -0.1) is 0 Å². The van der Waals surface area contributed by atoms with Gasteiger partial charge in [-0.3, -0.25) is 9.59 Å². The van der Waals surface area contributed by atoms with Crippen molar-refractivity contribution in [2.45, 2.75) is 45.1 Å². The molecule has 1 saturated carbocycles. The van der Waals surface area contributed by atoms with Gasteiger partial charge in [0.2, 0.25) is 11.8 Å². The lowest BCUT2D eigenvalue weighted by atomic mass is 9.95. The highest BCUT2D eigenvalue weighted by Gasteiger charge is 2.15. The second-order valence-electron chi connectivity index (χ2n) is 6.30. The Morgan fingerprint density at radius 1 is 1.19 bits per heavy atom. The standard InChI is InChI=1S/C20H28N2O4/c1-3-26-18-13-15(9-11-17(18)25-2)10-12-19(23)21-14-20(24)22-16-7-5-4-6-8-16/h9-13,16H,3-8,14H2,1-2H3,(H,21,23)(H,22,24)/b12-10+. The second kappa shape index (κ2) is 10.5. The molecule has 0 heterocycles. The molecule has 2 rings (SSSR count). The van der Waals surface area contributed by atoms with Crippen LogP contribution in [-0.4, -0.2) is 38.1 Å². The van der Waals surface area contributed by atoms with E-state index in [0.717, 1.165) is 31.2 Å². The Kier molecular flexibility index (Phi) is 7.99. The van der Waals surface area contributed by atoms with Crippen LogP contribution in [0.15, 0.2) is 24.3 Å². The molecule has 0 radical (unpaired) electrons. The number of nitrogens with one attached hydrogen (secondary N) is 2. The largest absolute Gasteiger partial charge is 0.493 e. The van der Waals surface area contributed by atoms with Crippen molar-refractivity contribution in [3.63, 3.8) is 0 Å². The Hall–Kier alpha value is -2.50. The lowest BCUT2D eigenvalue weighted by Crippen LogP contribution is -2.42. The van der Waals surface area contributed by atoms with Crippen molar-refractivity contribution in [1.82, 2.24) is 10.6 Å². The Morgan fingerprint density at radius 2 is 1.96 bits per heavy atom. The molecule has 1 aromatic carbocycles. The van der Waals surface area contributed by atoms with Gasteiger partial charge in [-0.2, -0.15) is 0 Å². The quantitative estimate of drug-likeness (QED) is 0.699. The zero-order valence-corrected chi connectivity index (χ0v) is 15.5. The summed E-state index contributed by atoms with van der Waals surface area (Å²) < 4.78 is 10.7. The molecular weight excluding hydrogens is 332 g/mol. The minimum Gasteiger partial charge on any atom is -0.493 e. The SMILES string of the molecule is CCOc1cc(/C=C/C(=O)NCC(=O)NC2CCCCC2)ccc1OC. The minimum atomic E-state index is -0.308. The summed E-state index contributed by atoms with van der Waals surface area (Å²) >= 11 is 0. The predicted molar refractivity (Wildman–Crippen MR) is 101 cm³/mol. The van der Waals surface area contributed by atoms with E-state index in [9.17, 15) is 9.59 Å². The number of methoxy groups -OCH3 is 1. The summed E-state index contributed by atoms with van der Waals surface area (Å²) in [5, 5.41) is 5.58. The van der Waals surface area contributed by atoms with E-state index < -0.39 is 0 Å². The minimum absolute atomic E-state index is 0.00746. The molecule has 0 bridgehead atoms. The lowest BCUT2D eigenvalue weighted by Gasteiger charge is -2.22. The van der Waals surface area contributed by atoms with E-state index in [1.807, 2.05) is 19.1 Å². The first kappa shape index (κ1) is 19.8. The number of rotatable bonds is 8. The Morgan fingerprint density at radius 3 is 2.65 bits per heavy atom. The van der Waals surface area contributed by atoms with Crippen molar-refractivity contribution in [2.24, 2.45) is 0 Å². The van der Waals surface area contributed by atoms with Gasteiger partial charge in [0.25, 0.3) is 0 Å². The summed E-state index contributed by atoms with van der Waals surface area (Å²) in [6, 6.07) is 5.68. The predicted octanol–water partition coefficient (Wildman–Crippen LogP) is 2.67. The van der Waals surface area contributed by atoms with Gasteiger partial charge in [0, 0.05) is 12.1 Å². The third kappa shape index (κ3) is 6.43. The Bertz CT molecular complexity index is 637. The average Bonchev–Trinajstić information content (AvgIpc) is 2.66. The molecule has 26 heavy (non-hydrogen) atoms. The normalized spacial score (nSPS) is 14.8. The Labute approximate surface area is 154 Å².